The normalized spacial score (nSPS) is 11.2. The molecule has 6 nitrogen and oxygen atoms in total. The number of carbonyl (C=O) groups is 1. The van der Waals surface area contributed by atoms with Crippen LogP contribution in [0, 0.1) is 13.8 Å². The Labute approximate surface area is 121 Å². The van der Waals surface area contributed by atoms with E-state index in [9.17, 15) is 9.90 Å². The second-order valence-electron chi connectivity index (χ2n) is 5.07. The smallest absolute Gasteiger partial charge is 0.323 e. The number of aryl methyl sites for hydroxylation is 2. The quantitative estimate of drug-likeness (QED) is 0.799. The maximum absolute atomic E-state index is 11.2. The summed E-state index contributed by atoms with van der Waals surface area (Å²) in [6.45, 7) is 3.75. The summed E-state index contributed by atoms with van der Waals surface area (Å²) in [4.78, 5) is 15.8. The summed E-state index contributed by atoms with van der Waals surface area (Å²) in [6, 6.07) is 7.55. The van der Waals surface area contributed by atoms with Crippen LogP contribution in [0.4, 0.5) is 0 Å². The van der Waals surface area contributed by atoms with E-state index in [0.717, 1.165) is 28.0 Å². The van der Waals surface area contributed by atoms with Gasteiger partial charge < -0.3 is 9.67 Å². The highest BCUT2D eigenvalue weighted by molar-refractivity contribution is 5.83. The highest BCUT2D eigenvalue weighted by atomic mass is 16.4. The van der Waals surface area contributed by atoms with Crippen molar-refractivity contribution in [2.24, 2.45) is 7.05 Å². The Balaban J connectivity index is 2.33. The van der Waals surface area contributed by atoms with Crippen LogP contribution in [-0.4, -0.2) is 30.4 Å². The first-order chi connectivity index (χ1) is 9.99. The van der Waals surface area contributed by atoms with E-state index in [1.165, 1.54) is 0 Å². The molecule has 21 heavy (non-hydrogen) atoms. The molecule has 0 aliphatic rings. The van der Waals surface area contributed by atoms with Crippen LogP contribution in [-0.2, 0) is 18.4 Å². The van der Waals surface area contributed by atoms with Crippen molar-refractivity contribution in [2.75, 3.05) is 0 Å². The molecule has 0 bridgehead atoms. The Bertz CT molecular complexity index is 845. The predicted octanol–water partition coefficient (Wildman–Crippen LogP) is 2.14. The SMILES string of the molecule is Cc1nn(C)c(C)c1-c1nc2ccccc2n1CC(=O)O. The first kappa shape index (κ1) is 13.4. The van der Waals surface area contributed by atoms with Crippen LogP contribution in [0.5, 0.6) is 0 Å². The van der Waals surface area contributed by atoms with E-state index >= 15 is 0 Å². The average Bonchev–Trinajstić information content (AvgIpc) is 2.88. The largest absolute Gasteiger partial charge is 0.480 e. The fourth-order valence-electron chi connectivity index (χ4n) is 2.66. The molecular weight excluding hydrogens is 268 g/mol. The standard InChI is InChI=1S/C15H16N4O2/c1-9-14(10(2)18(3)17-9)15-16-11-6-4-5-7-12(11)19(15)8-13(20)21/h4-7H,8H2,1-3H3,(H,20,21). The number of para-hydroxylation sites is 2. The topological polar surface area (TPSA) is 72.9 Å². The van der Waals surface area contributed by atoms with Gasteiger partial charge in [0.2, 0.25) is 0 Å². The maximum Gasteiger partial charge on any atom is 0.323 e. The number of hydrogen-bond donors (Lipinski definition) is 1. The van der Waals surface area contributed by atoms with Gasteiger partial charge in [0.05, 0.1) is 22.3 Å². The minimum Gasteiger partial charge on any atom is -0.480 e. The van der Waals surface area contributed by atoms with Gasteiger partial charge in [0.25, 0.3) is 0 Å². The first-order valence-corrected chi connectivity index (χ1v) is 6.66. The Kier molecular flexibility index (Phi) is 3.01. The van der Waals surface area contributed by atoms with Crippen LogP contribution in [0.2, 0.25) is 0 Å². The number of nitrogens with zero attached hydrogens (tertiary/aromatic N) is 4. The first-order valence-electron chi connectivity index (χ1n) is 6.66. The van der Waals surface area contributed by atoms with E-state index in [1.807, 2.05) is 45.2 Å². The molecule has 0 aliphatic heterocycles. The lowest BCUT2D eigenvalue weighted by atomic mass is 10.2. The second-order valence-corrected chi connectivity index (χ2v) is 5.07. The van der Waals surface area contributed by atoms with Crippen molar-refractivity contribution in [3.63, 3.8) is 0 Å². The van der Waals surface area contributed by atoms with Gasteiger partial charge in [0.1, 0.15) is 12.4 Å². The predicted molar refractivity (Wildman–Crippen MR) is 79.0 cm³/mol. The van der Waals surface area contributed by atoms with Gasteiger partial charge >= 0.3 is 5.97 Å². The molecule has 0 spiro atoms. The lowest BCUT2D eigenvalue weighted by Gasteiger charge is -2.07. The van der Waals surface area contributed by atoms with Gasteiger partial charge in [-0.1, -0.05) is 12.1 Å². The van der Waals surface area contributed by atoms with Crippen LogP contribution in [0.15, 0.2) is 24.3 Å². The Hall–Kier alpha value is -2.63. The number of benzene rings is 1. The molecule has 0 radical (unpaired) electrons. The molecule has 0 unspecified atom stereocenters. The molecule has 0 saturated carbocycles. The molecular formula is C15H16N4O2. The van der Waals surface area contributed by atoms with Gasteiger partial charge in [-0.3, -0.25) is 9.48 Å². The number of fused-ring (bicyclic) bond motifs is 1. The fraction of sp³-hybridized carbons (Fsp3) is 0.267. The number of rotatable bonds is 3. The number of aliphatic carboxylic acids is 1. The molecule has 2 aromatic heterocycles. The third-order valence-electron chi connectivity index (χ3n) is 3.68. The zero-order chi connectivity index (χ0) is 15.1. The van der Waals surface area contributed by atoms with Crippen LogP contribution in [0.25, 0.3) is 22.4 Å². The summed E-state index contributed by atoms with van der Waals surface area (Å²) >= 11 is 0. The lowest BCUT2D eigenvalue weighted by molar-refractivity contribution is -0.137. The highest BCUT2D eigenvalue weighted by Gasteiger charge is 2.20. The molecule has 3 aromatic rings. The molecule has 6 heteroatoms. The van der Waals surface area contributed by atoms with E-state index < -0.39 is 5.97 Å². The van der Waals surface area contributed by atoms with Gasteiger partial charge in [-0.2, -0.15) is 5.10 Å². The van der Waals surface area contributed by atoms with E-state index in [4.69, 9.17) is 0 Å². The van der Waals surface area contributed by atoms with Crippen molar-refractivity contribution in [1.29, 1.82) is 0 Å². The van der Waals surface area contributed by atoms with Gasteiger partial charge in [-0.05, 0) is 26.0 Å². The maximum atomic E-state index is 11.2. The number of aromatic nitrogens is 4. The minimum atomic E-state index is -0.890. The van der Waals surface area contributed by atoms with E-state index in [0.29, 0.717) is 5.82 Å². The minimum absolute atomic E-state index is 0.121. The Morgan fingerprint density at radius 1 is 1.29 bits per heavy atom. The van der Waals surface area contributed by atoms with Crippen molar-refractivity contribution in [2.45, 2.75) is 20.4 Å². The van der Waals surface area contributed by atoms with Crippen LogP contribution in [0.3, 0.4) is 0 Å². The molecule has 2 heterocycles. The van der Waals surface area contributed by atoms with Crippen molar-refractivity contribution in [3.05, 3.63) is 35.7 Å². The number of imidazole rings is 1. The van der Waals surface area contributed by atoms with Crippen LogP contribution in [0.1, 0.15) is 11.4 Å². The summed E-state index contributed by atoms with van der Waals surface area (Å²) in [6.07, 6.45) is 0. The highest BCUT2D eigenvalue weighted by Crippen LogP contribution is 2.29. The third-order valence-corrected chi connectivity index (χ3v) is 3.68. The van der Waals surface area contributed by atoms with Crippen molar-refractivity contribution < 1.29 is 9.90 Å². The molecule has 1 N–H and O–H groups in total. The molecule has 0 saturated heterocycles. The van der Waals surface area contributed by atoms with Crippen molar-refractivity contribution in [1.82, 2.24) is 19.3 Å². The van der Waals surface area contributed by atoms with Crippen molar-refractivity contribution in [3.8, 4) is 11.4 Å². The molecule has 108 valence electrons. The Morgan fingerprint density at radius 3 is 2.62 bits per heavy atom. The monoisotopic (exact) mass is 284 g/mol. The fourth-order valence-corrected chi connectivity index (χ4v) is 2.66. The number of carboxylic acids is 1. The molecule has 0 amide bonds. The molecule has 0 atom stereocenters. The molecule has 3 rings (SSSR count). The van der Waals surface area contributed by atoms with Gasteiger partial charge in [-0.15, -0.1) is 0 Å². The lowest BCUT2D eigenvalue weighted by Crippen LogP contribution is -2.10. The third kappa shape index (κ3) is 2.08. The van der Waals surface area contributed by atoms with E-state index in [1.54, 1.807) is 9.25 Å². The van der Waals surface area contributed by atoms with Crippen LogP contribution < -0.4 is 0 Å². The summed E-state index contributed by atoms with van der Waals surface area (Å²) in [5, 5.41) is 13.6. The van der Waals surface area contributed by atoms with Crippen LogP contribution >= 0.6 is 0 Å². The molecule has 0 fully saturated rings. The summed E-state index contributed by atoms with van der Waals surface area (Å²) in [5.41, 5.74) is 4.32. The Morgan fingerprint density at radius 2 is 2.00 bits per heavy atom. The summed E-state index contributed by atoms with van der Waals surface area (Å²) in [7, 11) is 1.87. The van der Waals surface area contributed by atoms with Gasteiger partial charge in [-0.25, -0.2) is 4.98 Å². The van der Waals surface area contributed by atoms with Gasteiger partial charge in [0.15, 0.2) is 0 Å². The summed E-state index contributed by atoms with van der Waals surface area (Å²) in [5.74, 6) is -0.236. The molecule has 1 aromatic carbocycles. The second kappa shape index (κ2) is 4.73. The molecule has 0 aliphatic carbocycles. The van der Waals surface area contributed by atoms with Crippen molar-refractivity contribution >= 4 is 17.0 Å². The number of hydrogen-bond acceptors (Lipinski definition) is 3. The van der Waals surface area contributed by atoms with E-state index in [2.05, 4.69) is 10.1 Å². The zero-order valence-electron chi connectivity index (χ0n) is 12.2. The van der Waals surface area contributed by atoms with Gasteiger partial charge in [0, 0.05) is 12.7 Å². The summed E-state index contributed by atoms with van der Waals surface area (Å²) < 4.78 is 3.52. The van der Waals surface area contributed by atoms with E-state index in [-0.39, 0.29) is 6.54 Å². The number of carboxylic acid groups (broad SMARTS) is 1. The zero-order valence-corrected chi connectivity index (χ0v) is 12.2. The average molecular weight is 284 g/mol.